The third-order valence-electron chi connectivity index (χ3n) is 3.16. The lowest BCUT2D eigenvalue weighted by molar-refractivity contribution is -0.134. The van der Waals surface area contributed by atoms with Crippen molar-refractivity contribution in [2.24, 2.45) is 0 Å². The van der Waals surface area contributed by atoms with Crippen molar-refractivity contribution < 1.29 is 19.1 Å². The van der Waals surface area contributed by atoms with Crippen LogP contribution in [-0.4, -0.2) is 25.5 Å². The van der Waals surface area contributed by atoms with Gasteiger partial charge in [0.2, 0.25) is 0 Å². The van der Waals surface area contributed by atoms with Gasteiger partial charge in [-0.05, 0) is 35.9 Å². The normalized spacial score (nSPS) is 10.6. The minimum atomic E-state index is -0.459. The maximum Gasteiger partial charge on any atom is 0.330 e. The van der Waals surface area contributed by atoms with E-state index >= 15 is 0 Å². The quantitative estimate of drug-likeness (QED) is 0.354. The lowest BCUT2D eigenvalue weighted by atomic mass is 10.1. The molecular weight excluding hydrogens is 374 g/mol. The molecule has 0 spiro atoms. The van der Waals surface area contributed by atoms with E-state index in [1.54, 1.807) is 42.5 Å². The van der Waals surface area contributed by atoms with Gasteiger partial charge in [-0.3, -0.25) is 4.79 Å². The standard InChI is InChI=1S/C18H16BrNO4/c1-23-18(22)8-6-12-5-7-15(20)17(9-12)24-11-16(21)13-3-2-4-14(19)10-13/h2-10H,11,20H2,1H3/b8-6+. The molecule has 0 aliphatic rings. The number of nitrogen functional groups attached to an aromatic ring is 1. The number of ether oxygens (including phenoxy) is 2. The van der Waals surface area contributed by atoms with E-state index in [2.05, 4.69) is 20.7 Å². The van der Waals surface area contributed by atoms with Crippen LogP contribution in [0.2, 0.25) is 0 Å². The van der Waals surface area contributed by atoms with Crippen LogP contribution in [-0.2, 0) is 9.53 Å². The summed E-state index contributed by atoms with van der Waals surface area (Å²) in [7, 11) is 1.30. The second-order valence-corrected chi connectivity index (χ2v) is 5.79. The molecule has 124 valence electrons. The number of rotatable bonds is 6. The van der Waals surface area contributed by atoms with Gasteiger partial charge >= 0.3 is 5.97 Å². The molecule has 0 radical (unpaired) electrons. The van der Waals surface area contributed by atoms with Crippen LogP contribution in [0.3, 0.4) is 0 Å². The summed E-state index contributed by atoms with van der Waals surface area (Å²) in [6, 6.07) is 12.1. The number of halogens is 1. The maximum atomic E-state index is 12.2. The molecule has 2 aromatic rings. The molecule has 0 unspecified atom stereocenters. The maximum absolute atomic E-state index is 12.2. The molecule has 6 heteroatoms. The highest BCUT2D eigenvalue weighted by molar-refractivity contribution is 9.10. The molecule has 0 saturated heterocycles. The molecule has 5 nitrogen and oxygen atoms in total. The number of hydrogen-bond acceptors (Lipinski definition) is 5. The van der Waals surface area contributed by atoms with Crippen molar-refractivity contribution >= 4 is 39.4 Å². The topological polar surface area (TPSA) is 78.6 Å². The number of esters is 1. The van der Waals surface area contributed by atoms with E-state index in [1.807, 2.05) is 6.07 Å². The van der Waals surface area contributed by atoms with Crippen LogP contribution in [0.4, 0.5) is 5.69 Å². The molecular formula is C18H16BrNO4. The summed E-state index contributed by atoms with van der Waals surface area (Å²) >= 11 is 3.32. The van der Waals surface area contributed by atoms with Gasteiger partial charge < -0.3 is 15.2 Å². The Labute approximate surface area is 148 Å². The predicted molar refractivity (Wildman–Crippen MR) is 95.9 cm³/mol. The first-order chi connectivity index (χ1) is 11.5. The molecule has 0 amide bonds. The van der Waals surface area contributed by atoms with Crippen LogP contribution >= 0.6 is 15.9 Å². The largest absolute Gasteiger partial charge is 0.483 e. The van der Waals surface area contributed by atoms with Crippen molar-refractivity contribution in [3.05, 3.63) is 64.1 Å². The molecule has 0 fully saturated rings. The average Bonchev–Trinajstić information content (AvgIpc) is 2.59. The van der Waals surface area contributed by atoms with E-state index in [4.69, 9.17) is 10.5 Å². The summed E-state index contributed by atoms with van der Waals surface area (Å²) in [4.78, 5) is 23.3. The summed E-state index contributed by atoms with van der Waals surface area (Å²) in [5, 5.41) is 0. The highest BCUT2D eigenvalue weighted by Gasteiger charge is 2.09. The minimum absolute atomic E-state index is 0.134. The zero-order chi connectivity index (χ0) is 17.5. The van der Waals surface area contributed by atoms with Gasteiger partial charge in [-0.2, -0.15) is 0 Å². The van der Waals surface area contributed by atoms with Gasteiger partial charge in [0.05, 0.1) is 12.8 Å². The Morgan fingerprint density at radius 2 is 2.00 bits per heavy atom. The van der Waals surface area contributed by atoms with Gasteiger partial charge in [0, 0.05) is 16.1 Å². The Balaban J connectivity index is 2.07. The zero-order valence-electron chi connectivity index (χ0n) is 13.0. The second-order valence-electron chi connectivity index (χ2n) is 4.88. The Morgan fingerprint density at radius 3 is 2.71 bits per heavy atom. The molecule has 0 aromatic heterocycles. The second kappa shape index (κ2) is 8.31. The van der Waals surface area contributed by atoms with E-state index in [1.165, 1.54) is 13.2 Å². The fraction of sp³-hybridized carbons (Fsp3) is 0.111. The number of Topliss-reactive ketones (excluding diaryl/α,β-unsaturated/α-hetero) is 1. The molecule has 24 heavy (non-hydrogen) atoms. The van der Waals surface area contributed by atoms with Crippen LogP contribution in [0.1, 0.15) is 15.9 Å². The predicted octanol–water partition coefficient (Wildman–Crippen LogP) is 3.48. The van der Waals surface area contributed by atoms with Gasteiger partial charge in [-0.15, -0.1) is 0 Å². The van der Waals surface area contributed by atoms with Crippen molar-refractivity contribution in [2.45, 2.75) is 0 Å². The van der Waals surface area contributed by atoms with Gasteiger partial charge in [-0.25, -0.2) is 4.79 Å². The molecule has 0 aliphatic heterocycles. The van der Waals surface area contributed by atoms with Crippen molar-refractivity contribution in [1.29, 1.82) is 0 Å². The van der Waals surface area contributed by atoms with E-state index in [9.17, 15) is 9.59 Å². The van der Waals surface area contributed by atoms with Crippen molar-refractivity contribution in [1.82, 2.24) is 0 Å². The summed E-state index contributed by atoms with van der Waals surface area (Å²) < 4.78 is 10.9. The molecule has 2 rings (SSSR count). The molecule has 2 aromatic carbocycles. The Kier molecular flexibility index (Phi) is 6.14. The Hall–Kier alpha value is -2.60. The summed E-state index contributed by atoms with van der Waals surface area (Å²) in [5.74, 6) is -0.240. The number of ketones is 1. The zero-order valence-corrected chi connectivity index (χ0v) is 14.6. The molecule has 0 atom stereocenters. The number of benzene rings is 2. The lowest BCUT2D eigenvalue weighted by Crippen LogP contribution is -2.12. The monoisotopic (exact) mass is 389 g/mol. The van der Waals surface area contributed by atoms with Crippen molar-refractivity contribution in [3.8, 4) is 5.75 Å². The van der Waals surface area contributed by atoms with Crippen LogP contribution < -0.4 is 10.5 Å². The first kappa shape index (κ1) is 17.7. The fourth-order valence-corrected chi connectivity index (χ4v) is 2.30. The number of nitrogens with two attached hydrogens (primary N) is 1. The Morgan fingerprint density at radius 1 is 1.21 bits per heavy atom. The van der Waals surface area contributed by atoms with Crippen LogP contribution in [0.25, 0.3) is 6.08 Å². The van der Waals surface area contributed by atoms with Crippen LogP contribution in [0, 0.1) is 0 Å². The van der Waals surface area contributed by atoms with Crippen molar-refractivity contribution in [3.63, 3.8) is 0 Å². The Bertz CT molecular complexity index is 786. The highest BCUT2D eigenvalue weighted by atomic mass is 79.9. The summed E-state index contributed by atoms with van der Waals surface area (Å²) in [6.07, 6.45) is 2.87. The van der Waals surface area contributed by atoms with E-state index in [-0.39, 0.29) is 12.4 Å². The number of hydrogen-bond donors (Lipinski definition) is 1. The molecule has 2 N–H and O–H groups in total. The molecule has 0 bridgehead atoms. The van der Waals surface area contributed by atoms with Gasteiger partial charge in [0.25, 0.3) is 0 Å². The van der Waals surface area contributed by atoms with Gasteiger partial charge in [0.1, 0.15) is 5.75 Å². The van der Waals surface area contributed by atoms with Crippen molar-refractivity contribution in [2.75, 3.05) is 19.5 Å². The van der Waals surface area contributed by atoms with Crippen LogP contribution in [0.5, 0.6) is 5.75 Å². The van der Waals surface area contributed by atoms with Crippen LogP contribution in [0.15, 0.2) is 53.0 Å². The minimum Gasteiger partial charge on any atom is -0.483 e. The number of methoxy groups -OCH3 is 1. The van der Waals surface area contributed by atoms with E-state index in [0.717, 1.165) is 4.47 Å². The summed E-state index contributed by atoms with van der Waals surface area (Å²) in [6.45, 7) is -0.134. The SMILES string of the molecule is COC(=O)/C=C/c1ccc(N)c(OCC(=O)c2cccc(Br)c2)c1. The van der Waals surface area contributed by atoms with E-state index < -0.39 is 5.97 Å². The smallest absolute Gasteiger partial charge is 0.330 e. The first-order valence-electron chi connectivity index (χ1n) is 7.06. The fourth-order valence-electron chi connectivity index (χ4n) is 1.90. The van der Waals surface area contributed by atoms with E-state index in [0.29, 0.717) is 22.6 Å². The van der Waals surface area contributed by atoms with Gasteiger partial charge in [-0.1, -0.05) is 34.1 Å². The number of carbonyl (C=O) groups is 2. The average molecular weight is 390 g/mol. The number of carbonyl (C=O) groups excluding carboxylic acids is 2. The lowest BCUT2D eigenvalue weighted by Gasteiger charge is -2.09. The molecule has 0 aliphatic carbocycles. The first-order valence-corrected chi connectivity index (χ1v) is 7.86. The summed E-state index contributed by atoms with van der Waals surface area (Å²) in [5.41, 5.74) is 7.52. The molecule has 0 heterocycles. The highest BCUT2D eigenvalue weighted by Crippen LogP contribution is 2.24. The van der Waals surface area contributed by atoms with Gasteiger partial charge in [0.15, 0.2) is 12.4 Å². The third-order valence-corrected chi connectivity index (χ3v) is 3.65. The third kappa shape index (κ3) is 4.96. The molecule has 0 saturated carbocycles. The number of anilines is 1.